The second kappa shape index (κ2) is 8.96. The van der Waals surface area contributed by atoms with E-state index < -0.39 is 0 Å². The normalized spacial score (nSPS) is 21.7. The van der Waals surface area contributed by atoms with Crippen LogP contribution in [0.2, 0.25) is 0 Å². The van der Waals surface area contributed by atoms with Gasteiger partial charge in [-0.25, -0.2) is 14.8 Å². The summed E-state index contributed by atoms with van der Waals surface area (Å²) in [6.07, 6.45) is 7.19. The average molecular weight is 348 g/mol. The van der Waals surface area contributed by atoms with Gasteiger partial charge in [0.25, 0.3) is 0 Å². The zero-order valence-electron chi connectivity index (χ0n) is 14.7. The molecule has 0 bridgehead atoms. The van der Waals surface area contributed by atoms with Crippen LogP contribution in [0.1, 0.15) is 25.7 Å². The van der Waals surface area contributed by atoms with Crippen LogP contribution in [0.15, 0.2) is 12.4 Å². The van der Waals surface area contributed by atoms with E-state index in [0.717, 1.165) is 65.0 Å². The molecule has 0 aliphatic carbocycles. The van der Waals surface area contributed by atoms with Crippen LogP contribution in [-0.4, -0.2) is 71.9 Å². The molecule has 3 rings (SSSR count). The number of aliphatic hydroxyl groups excluding tert-OH is 1. The molecule has 3 N–H and O–H groups in total. The zero-order valence-corrected chi connectivity index (χ0v) is 14.7. The van der Waals surface area contributed by atoms with E-state index in [1.807, 2.05) is 4.90 Å². The molecular weight excluding hydrogens is 320 g/mol. The third-order valence-electron chi connectivity index (χ3n) is 4.96. The largest absolute Gasteiger partial charge is 0.396 e. The van der Waals surface area contributed by atoms with Crippen LogP contribution < -0.4 is 15.5 Å². The number of piperazine rings is 1. The lowest BCUT2D eigenvalue weighted by atomic mass is 9.98. The van der Waals surface area contributed by atoms with Gasteiger partial charge in [-0.05, 0) is 31.6 Å². The first-order valence-corrected chi connectivity index (χ1v) is 9.21. The maximum absolute atomic E-state index is 12.5. The van der Waals surface area contributed by atoms with Crippen LogP contribution in [0.5, 0.6) is 0 Å². The number of hydrogen-bond donors (Lipinski definition) is 3. The molecule has 8 nitrogen and oxygen atoms in total. The number of aromatic nitrogens is 2. The van der Waals surface area contributed by atoms with Crippen molar-refractivity contribution in [1.29, 1.82) is 0 Å². The summed E-state index contributed by atoms with van der Waals surface area (Å²) in [4.78, 5) is 25.2. The van der Waals surface area contributed by atoms with E-state index in [0.29, 0.717) is 17.6 Å². The van der Waals surface area contributed by atoms with Gasteiger partial charge in [0.05, 0.1) is 18.1 Å². The van der Waals surface area contributed by atoms with Crippen LogP contribution in [-0.2, 0) is 0 Å². The molecule has 0 radical (unpaired) electrons. The Kier molecular flexibility index (Phi) is 6.41. The smallest absolute Gasteiger partial charge is 0.321 e. The highest BCUT2D eigenvalue weighted by atomic mass is 16.3. The Balaban J connectivity index is 1.52. The fourth-order valence-corrected chi connectivity index (χ4v) is 3.46. The number of carbonyl (C=O) groups is 1. The van der Waals surface area contributed by atoms with Gasteiger partial charge >= 0.3 is 6.03 Å². The highest BCUT2D eigenvalue weighted by Gasteiger charge is 2.21. The van der Waals surface area contributed by atoms with Gasteiger partial charge in [0.2, 0.25) is 5.95 Å². The Morgan fingerprint density at radius 3 is 2.68 bits per heavy atom. The highest BCUT2D eigenvalue weighted by molar-refractivity contribution is 5.89. The second-order valence-corrected chi connectivity index (χ2v) is 6.74. The SMILES string of the molecule is O=C(Nc1cnc(N2CCNCC2)nc1)N1CCCC(CCO)CC1. The van der Waals surface area contributed by atoms with E-state index in [9.17, 15) is 4.79 Å². The topological polar surface area (TPSA) is 93.6 Å². The zero-order chi connectivity index (χ0) is 17.5. The molecule has 1 unspecified atom stereocenters. The summed E-state index contributed by atoms with van der Waals surface area (Å²) in [7, 11) is 0. The molecule has 2 saturated heterocycles. The van der Waals surface area contributed by atoms with Crippen LogP contribution in [0.3, 0.4) is 0 Å². The first-order chi connectivity index (χ1) is 12.3. The fraction of sp³-hybridized carbons (Fsp3) is 0.706. The van der Waals surface area contributed by atoms with E-state index in [-0.39, 0.29) is 12.6 Å². The summed E-state index contributed by atoms with van der Waals surface area (Å²) in [5.41, 5.74) is 0.625. The quantitative estimate of drug-likeness (QED) is 0.749. The molecule has 0 aromatic carbocycles. The fourth-order valence-electron chi connectivity index (χ4n) is 3.46. The molecule has 25 heavy (non-hydrogen) atoms. The molecule has 3 heterocycles. The Bertz CT molecular complexity index is 547. The van der Waals surface area contributed by atoms with Crippen molar-refractivity contribution < 1.29 is 9.90 Å². The van der Waals surface area contributed by atoms with Gasteiger partial charge in [0, 0.05) is 45.9 Å². The molecule has 1 aromatic heterocycles. The van der Waals surface area contributed by atoms with E-state index in [2.05, 4.69) is 25.5 Å². The van der Waals surface area contributed by atoms with Gasteiger partial charge < -0.3 is 25.5 Å². The summed E-state index contributed by atoms with van der Waals surface area (Å²) in [5, 5.41) is 15.3. The number of anilines is 2. The molecule has 1 aromatic rings. The number of aliphatic hydroxyl groups is 1. The maximum Gasteiger partial charge on any atom is 0.321 e. The Hall–Kier alpha value is -1.93. The minimum atomic E-state index is -0.0943. The molecule has 2 amide bonds. The van der Waals surface area contributed by atoms with Crippen molar-refractivity contribution >= 4 is 17.7 Å². The number of likely N-dealkylation sites (tertiary alicyclic amines) is 1. The average Bonchev–Trinajstić information content (AvgIpc) is 2.89. The molecule has 2 fully saturated rings. The number of amides is 2. The minimum Gasteiger partial charge on any atom is -0.396 e. The third kappa shape index (κ3) is 5.02. The number of nitrogens with zero attached hydrogens (tertiary/aromatic N) is 4. The number of carbonyl (C=O) groups excluding carboxylic acids is 1. The van der Waals surface area contributed by atoms with E-state index in [1.54, 1.807) is 12.4 Å². The first kappa shape index (κ1) is 17.9. The minimum absolute atomic E-state index is 0.0943. The summed E-state index contributed by atoms with van der Waals surface area (Å²) in [6, 6.07) is -0.0943. The Morgan fingerprint density at radius 1 is 1.20 bits per heavy atom. The monoisotopic (exact) mass is 348 g/mol. The molecule has 1 atom stereocenters. The van der Waals surface area contributed by atoms with Gasteiger partial charge in [-0.1, -0.05) is 0 Å². The molecule has 8 heteroatoms. The summed E-state index contributed by atoms with van der Waals surface area (Å²) in [6.45, 7) is 5.39. The highest BCUT2D eigenvalue weighted by Crippen LogP contribution is 2.21. The van der Waals surface area contributed by atoms with Crippen molar-refractivity contribution in [3.8, 4) is 0 Å². The van der Waals surface area contributed by atoms with E-state index in [1.165, 1.54) is 0 Å². The van der Waals surface area contributed by atoms with Gasteiger partial charge in [-0.15, -0.1) is 0 Å². The predicted molar refractivity (Wildman–Crippen MR) is 96.8 cm³/mol. The first-order valence-electron chi connectivity index (χ1n) is 9.21. The van der Waals surface area contributed by atoms with Crippen LogP contribution in [0.4, 0.5) is 16.4 Å². The molecule has 0 spiro atoms. The molecular formula is C17H28N6O2. The Labute approximate surface area is 148 Å². The van der Waals surface area contributed by atoms with Crippen molar-refractivity contribution in [2.24, 2.45) is 5.92 Å². The third-order valence-corrected chi connectivity index (χ3v) is 4.96. The van der Waals surface area contributed by atoms with E-state index >= 15 is 0 Å². The van der Waals surface area contributed by atoms with E-state index in [4.69, 9.17) is 5.11 Å². The van der Waals surface area contributed by atoms with Crippen molar-refractivity contribution in [2.75, 3.05) is 56.1 Å². The van der Waals surface area contributed by atoms with Crippen LogP contribution >= 0.6 is 0 Å². The van der Waals surface area contributed by atoms with Gasteiger partial charge in [0.1, 0.15) is 0 Å². The predicted octanol–water partition coefficient (Wildman–Crippen LogP) is 0.903. The number of nitrogens with one attached hydrogen (secondary N) is 2. The van der Waals surface area contributed by atoms with Crippen LogP contribution in [0.25, 0.3) is 0 Å². The lowest BCUT2D eigenvalue weighted by molar-refractivity contribution is 0.211. The van der Waals surface area contributed by atoms with Crippen molar-refractivity contribution in [3.63, 3.8) is 0 Å². The van der Waals surface area contributed by atoms with Crippen molar-refractivity contribution in [1.82, 2.24) is 20.2 Å². The second-order valence-electron chi connectivity index (χ2n) is 6.74. The molecule has 0 saturated carbocycles. The van der Waals surface area contributed by atoms with Crippen LogP contribution in [0, 0.1) is 5.92 Å². The molecule has 2 aliphatic heterocycles. The standard InChI is InChI=1S/C17H28N6O2/c24-11-4-14-2-1-7-23(8-3-14)17(25)21-15-12-19-16(20-13-15)22-9-5-18-6-10-22/h12-14,18,24H,1-11H2,(H,21,25). The lowest BCUT2D eigenvalue weighted by Crippen LogP contribution is -2.44. The van der Waals surface area contributed by atoms with Gasteiger partial charge in [0.15, 0.2) is 0 Å². The molecule has 138 valence electrons. The summed E-state index contributed by atoms with van der Waals surface area (Å²) in [5.74, 6) is 1.23. The number of urea groups is 1. The summed E-state index contributed by atoms with van der Waals surface area (Å²) < 4.78 is 0. The number of hydrogen-bond acceptors (Lipinski definition) is 6. The summed E-state index contributed by atoms with van der Waals surface area (Å²) >= 11 is 0. The van der Waals surface area contributed by atoms with Gasteiger partial charge in [-0.3, -0.25) is 0 Å². The van der Waals surface area contributed by atoms with Crippen molar-refractivity contribution in [3.05, 3.63) is 12.4 Å². The molecule has 2 aliphatic rings. The number of rotatable bonds is 4. The lowest BCUT2D eigenvalue weighted by Gasteiger charge is -2.27. The van der Waals surface area contributed by atoms with Gasteiger partial charge in [-0.2, -0.15) is 0 Å². The Morgan fingerprint density at radius 2 is 1.96 bits per heavy atom. The van der Waals surface area contributed by atoms with Crippen molar-refractivity contribution in [2.45, 2.75) is 25.7 Å². The maximum atomic E-state index is 12.5.